The number of aromatic nitrogens is 2. The van der Waals surface area contributed by atoms with Gasteiger partial charge in [-0.3, -0.25) is 9.59 Å². The monoisotopic (exact) mass is 452 g/mol. The van der Waals surface area contributed by atoms with E-state index in [4.69, 9.17) is 23.2 Å². The Morgan fingerprint density at radius 3 is 2.34 bits per heavy atom. The molecule has 2 amide bonds. The van der Waals surface area contributed by atoms with Crippen LogP contribution >= 0.6 is 23.2 Å². The predicted molar refractivity (Wildman–Crippen MR) is 101 cm³/mol. The van der Waals surface area contributed by atoms with Crippen molar-refractivity contribution < 1.29 is 27.9 Å². The third-order valence-corrected chi connectivity index (χ3v) is 4.73. The van der Waals surface area contributed by atoms with E-state index in [1.807, 2.05) is 0 Å². The summed E-state index contributed by atoms with van der Waals surface area (Å²) < 4.78 is 41.5. The summed E-state index contributed by atoms with van der Waals surface area (Å²) in [6, 6.07) is 4.52. The van der Waals surface area contributed by atoms with Crippen LogP contribution in [0.5, 0.6) is 0 Å². The minimum absolute atomic E-state index is 0.112. The maximum atomic E-state index is 13.5. The number of alkyl halides is 3. The molecule has 7 nitrogen and oxygen atoms in total. The first-order chi connectivity index (χ1) is 13.4. The van der Waals surface area contributed by atoms with Gasteiger partial charge in [-0.15, -0.1) is 0 Å². The fourth-order valence-corrected chi connectivity index (χ4v) is 3.02. The molecule has 0 aliphatic rings. The zero-order chi connectivity index (χ0) is 22.0. The lowest BCUT2D eigenvalue weighted by atomic mass is 9.96. The molecular weight excluding hydrogens is 436 g/mol. The molecule has 0 radical (unpaired) electrons. The molecule has 1 aromatic carbocycles. The SMILES string of the molecule is CN(CC(=O)Nc1c(Cl)cccc1Cl)C(=O)CC(O)(c1nccn1C)C(F)(F)F. The zero-order valence-electron chi connectivity index (χ0n) is 15.3. The Bertz CT molecular complexity index is 899. The average Bonchev–Trinajstić information content (AvgIpc) is 3.03. The van der Waals surface area contributed by atoms with E-state index in [-0.39, 0.29) is 15.7 Å². The molecule has 1 heterocycles. The van der Waals surface area contributed by atoms with Crippen LogP contribution in [0.4, 0.5) is 18.9 Å². The lowest BCUT2D eigenvalue weighted by molar-refractivity contribution is -0.271. The number of hydrogen-bond donors (Lipinski definition) is 2. The van der Waals surface area contributed by atoms with Gasteiger partial charge in [0.25, 0.3) is 0 Å². The molecule has 1 aromatic heterocycles. The van der Waals surface area contributed by atoms with E-state index in [1.165, 1.54) is 25.4 Å². The number of nitrogens with zero attached hydrogens (tertiary/aromatic N) is 3. The molecule has 0 aliphatic heterocycles. The third kappa shape index (κ3) is 5.01. The summed E-state index contributed by atoms with van der Waals surface area (Å²) in [7, 11) is 2.39. The van der Waals surface area contributed by atoms with Gasteiger partial charge in [-0.2, -0.15) is 13.2 Å². The van der Waals surface area contributed by atoms with Crippen LogP contribution in [0.25, 0.3) is 0 Å². The number of hydrogen-bond acceptors (Lipinski definition) is 4. The first kappa shape index (κ1) is 23.0. The topological polar surface area (TPSA) is 87.5 Å². The molecule has 2 N–H and O–H groups in total. The summed E-state index contributed by atoms with van der Waals surface area (Å²) in [5.74, 6) is -2.59. The van der Waals surface area contributed by atoms with Crippen LogP contribution in [-0.4, -0.2) is 51.1 Å². The number of anilines is 1. The molecule has 0 spiro atoms. The highest BCUT2D eigenvalue weighted by Crippen LogP contribution is 2.41. The molecule has 12 heteroatoms. The second-order valence-electron chi connectivity index (χ2n) is 6.29. The van der Waals surface area contributed by atoms with Gasteiger partial charge in [0.05, 0.1) is 28.7 Å². The van der Waals surface area contributed by atoms with E-state index in [1.54, 1.807) is 6.07 Å². The largest absolute Gasteiger partial charge is 0.425 e. The van der Waals surface area contributed by atoms with E-state index >= 15 is 0 Å². The van der Waals surface area contributed by atoms with Crippen molar-refractivity contribution in [1.29, 1.82) is 0 Å². The Kier molecular flexibility index (Phi) is 6.82. The van der Waals surface area contributed by atoms with E-state index in [0.717, 1.165) is 22.7 Å². The lowest BCUT2D eigenvalue weighted by Gasteiger charge is -2.30. The number of amides is 2. The van der Waals surface area contributed by atoms with Crippen LogP contribution in [0.1, 0.15) is 12.2 Å². The molecule has 2 rings (SSSR count). The summed E-state index contributed by atoms with van der Waals surface area (Å²) in [4.78, 5) is 28.8. The van der Waals surface area contributed by atoms with Gasteiger partial charge < -0.3 is 19.9 Å². The number of aliphatic hydroxyl groups is 1. The Balaban J connectivity index is 2.12. The summed E-state index contributed by atoms with van der Waals surface area (Å²) in [5.41, 5.74) is -3.40. The molecule has 29 heavy (non-hydrogen) atoms. The highest BCUT2D eigenvalue weighted by Gasteiger charge is 2.58. The molecule has 0 aliphatic carbocycles. The van der Waals surface area contributed by atoms with E-state index < -0.39 is 42.4 Å². The summed E-state index contributed by atoms with van der Waals surface area (Å²) >= 11 is 11.9. The number of halogens is 5. The fraction of sp³-hybridized carbons (Fsp3) is 0.353. The van der Waals surface area contributed by atoms with E-state index in [0.29, 0.717) is 0 Å². The number of rotatable bonds is 6. The Hall–Kier alpha value is -2.30. The normalized spacial score (nSPS) is 13.7. The van der Waals surface area contributed by atoms with Crippen LogP contribution in [0.2, 0.25) is 10.0 Å². The molecule has 0 bridgehead atoms. The van der Waals surface area contributed by atoms with Gasteiger partial charge in [-0.05, 0) is 12.1 Å². The second kappa shape index (κ2) is 8.60. The second-order valence-corrected chi connectivity index (χ2v) is 7.11. The van der Waals surface area contributed by atoms with Gasteiger partial charge in [-0.25, -0.2) is 4.98 Å². The van der Waals surface area contributed by atoms with Crippen LogP contribution in [0.3, 0.4) is 0 Å². The predicted octanol–water partition coefficient (Wildman–Crippen LogP) is 2.96. The van der Waals surface area contributed by atoms with Gasteiger partial charge >= 0.3 is 6.18 Å². The number of aryl methyl sites for hydroxylation is 1. The molecule has 158 valence electrons. The van der Waals surface area contributed by atoms with Crippen molar-refractivity contribution in [3.63, 3.8) is 0 Å². The van der Waals surface area contributed by atoms with Crippen molar-refractivity contribution >= 4 is 40.7 Å². The number of imidazole rings is 1. The molecule has 0 saturated heterocycles. The number of likely N-dealkylation sites (N-methyl/N-ethyl adjacent to an activating group) is 1. The van der Waals surface area contributed by atoms with E-state index in [2.05, 4.69) is 10.3 Å². The van der Waals surface area contributed by atoms with Crippen LogP contribution in [-0.2, 0) is 22.2 Å². The molecule has 1 unspecified atom stereocenters. The fourth-order valence-electron chi connectivity index (χ4n) is 2.52. The van der Waals surface area contributed by atoms with E-state index in [9.17, 15) is 27.9 Å². The molecule has 1 atom stereocenters. The Morgan fingerprint density at radius 2 is 1.86 bits per heavy atom. The van der Waals surface area contributed by atoms with Crippen molar-refractivity contribution in [1.82, 2.24) is 14.5 Å². The number of carbonyl (C=O) groups is 2. The van der Waals surface area contributed by atoms with Crippen molar-refractivity contribution in [3.8, 4) is 0 Å². The molecular formula is C17H17Cl2F3N4O3. The standard InChI is InChI=1S/C17H17Cl2F3N4O3/c1-25-7-6-23-15(25)16(29,17(20,21)22)8-13(28)26(2)9-12(27)24-14-10(18)4-3-5-11(14)19/h3-7,29H,8-9H2,1-2H3,(H,24,27). The van der Waals surface area contributed by atoms with Crippen molar-refractivity contribution in [2.45, 2.75) is 18.2 Å². The zero-order valence-corrected chi connectivity index (χ0v) is 16.8. The number of nitrogens with one attached hydrogen (secondary N) is 1. The van der Waals surface area contributed by atoms with Gasteiger partial charge in [0.15, 0.2) is 5.82 Å². The van der Waals surface area contributed by atoms with Gasteiger partial charge in [0.2, 0.25) is 17.4 Å². The minimum atomic E-state index is -5.17. The maximum Gasteiger partial charge on any atom is 0.425 e. The quantitative estimate of drug-likeness (QED) is 0.705. The van der Waals surface area contributed by atoms with Crippen LogP contribution in [0.15, 0.2) is 30.6 Å². The molecule has 0 fully saturated rings. The van der Waals surface area contributed by atoms with Gasteiger partial charge in [0, 0.05) is 26.5 Å². The summed E-state index contributed by atoms with van der Waals surface area (Å²) in [6.07, 6.45) is -4.24. The average molecular weight is 453 g/mol. The lowest BCUT2D eigenvalue weighted by Crippen LogP contribution is -2.48. The smallest absolute Gasteiger partial charge is 0.374 e. The molecule has 2 aromatic rings. The van der Waals surface area contributed by atoms with Crippen molar-refractivity contribution in [3.05, 3.63) is 46.5 Å². The van der Waals surface area contributed by atoms with Crippen LogP contribution < -0.4 is 5.32 Å². The first-order valence-electron chi connectivity index (χ1n) is 8.11. The summed E-state index contributed by atoms with van der Waals surface area (Å²) in [6.45, 7) is -0.588. The highest BCUT2D eigenvalue weighted by atomic mass is 35.5. The van der Waals surface area contributed by atoms with Crippen molar-refractivity contribution in [2.75, 3.05) is 18.9 Å². The Labute approximate surface area is 174 Å². The van der Waals surface area contributed by atoms with Gasteiger partial charge in [-0.1, -0.05) is 29.3 Å². The van der Waals surface area contributed by atoms with Crippen molar-refractivity contribution in [2.24, 2.45) is 7.05 Å². The third-order valence-electron chi connectivity index (χ3n) is 4.10. The van der Waals surface area contributed by atoms with Crippen LogP contribution in [0, 0.1) is 0 Å². The number of carbonyl (C=O) groups excluding carboxylic acids is 2. The summed E-state index contributed by atoms with van der Waals surface area (Å²) in [5, 5.41) is 13.0. The maximum absolute atomic E-state index is 13.5. The minimum Gasteiger partial charge on any atom is -0.374 e. The Morgan fingerprint density at radius 1 is 1.28 bits per heavy atom. The highest BCUT2D eigenvalue weighted by molar-refractivity contribution is 6.39. The van der Waals surface area contributed by atoms with Gasteiger partial charge in [0.1, 0.15) is 0 Å². The molecule has 0 saturated carbocycles. The number of benzene rings is 1. The number of para-hydroxylation sites is 1. The first-order valence-corrected chi connectivity index (χ1v) is 8.87.